The molecule has 0 saturated heterocycles. The summed E-state index contributed by atoms with van der Waals surface area (Å²) in [7, 11) is 0. The first-order chi connectivity index (χ1) is 15.8. The number of rotatable bonds is 1. The van der Waals surface area contributed by atoms with Crippen LogP contribution in [0.3, 0.4) is 0 Å². The minimum atomic E-state index is -0.170. The highest BCUT2D eigenvalue weighted by Gasteiger charge is 2.69. The van der Waals surface area contributed by atoms with Crippen LogP contribution in [0.5, 0.6) is 0 Å². The maximum atomic E-state index is 14.3. The molecule has 0 radical (unpaired) electrons. The lowest BCUT2D eigenvalue weighted by atomic mass is 9.34. The van der Waals surface area contributed by atoms with Crippen LogP contribution < -0.4 is 0 Å². The van der Waals surface area contributed by atoms with Gasteiger partial charge >= 0.3 is 5.97 Å². The zero-order chi connectivity index (χ0) is 24.8. The Bertz CT molecular complexity index is 920. The van der Waals surface area contributed by atoms with Crippen LogP contribution in [-0.4, -0.2) is 17.9 Å². The molecule has 0 aliphatic heterocycles. The minimum absolute atomic E-state index is 0.000257. The number of esters is 1. The molecule has 3 heteroatoms. The van der Waals surface area contributed by atoms with Crippen molar-refractivity contribution in [3.8, 4) is 0 Å². The third kappa shape index (κ3) is 3.06. The van der Waals surface area contributed by atoms with Crippen LogP contribution in [0.1, 0.15) is 107 Å². The molecule has 0 bridgehead atoms. The first kappa shape index (κ1) is 24.6. The van der Waals surface area contributed by atoms with Gasteiger partial charge in [-0.05, 0) is 109 Å². The molecule has 0 aromatic rings. The van der Waals surface area contributed by atoms with Crippen molar-refractivity contribution in [3.05, 3.63) is 11.6 Å². The number of hydrogen-bond donors (Lipinski definition) is 0. The molecule has 4 fully saturated rings. The Morgan fingerprint density at radius 1 is 0.912 bits per heavy atom. The van der Waals surface area contributed by atoms with Crippen molar-refractivity contribution in [2.45, 2.75) is 113 Å². The lowest BCUT2D eigenvalue weighted by Crippen LogP contribution is -2.65. The van der Waals surface area contributed by atoms with Gasteiger partial charge in [0, 0.05) is 12.8 Å². The maximum absolute atomic E-state index is 14.3. The Labute approximate surface area is 207 Å². The average molecular weight is 469 g/mol. The van der Waals surface area contributed by atoms with Gasteiger partial charge in [0.2, 0.25) is 0 Å². The van der Waals surface area contributed by atoms with Gasteiger partial charge in [0.25, 0.3) is 0 Å². The van der Waals surface area contributed by atoms with Gasteiger partial charge in [0.1, 0.15) is 6.10 Å². The largest absolute Gasteiger partial charge is 0.462 e. The standard InChI is InChI=1S/C31H48O3/c1-18-9-12-28(5)15-16-30(7)23(26(28)19(18)2)17-24(33)27-29(6)13-11-25(34-21(4)32)20(3)22(29)10-14-31(27,30)8/h17-20,22,25-27H,9-16H2,1-8H3/t18-,19+,20+,22+,25?,26+,27-,28-,29+,30-,31-/m1/s1. The summed E-state index contributed by atoms with van der Waals surface area (Å²) in [4.78, 5) is 26.0. The number of ether oxygens (including phenoxy) is 1. The Morgan fingerprint density at radius 3 is 2.29 bits per heavy atom. The predicted octanol–water partition coefficient (Wildman–Crippen LogP) is 7.38. The van der Waals surface area contributed by atoms with Gasteiger partial charge in [0.15, 0.2) is 5.78 Å². The fourth-order valence-corrected chi connectivity index (χ4v) is 10.7. The van der Waals surface area contributed by atoms with Crippen LogP contribution in [0.2, 0.25) is 0 Å². The zero-order valence-electron chi connectivity index (χ0n) is 23.0. The molecular formula is C31H48O3. The third-order valence-electron chi connectivity index (χ3n) is 13.0. The zero-order valence-corrected chi connectivity index (χ0v) is 23.0. The summed E-state index contributed by atoms with van der Waals surface area (Å²) >= 11 is 0. The number of hydrogen-bond acceptors (Lipinski definition) is 3. The van der Waals surface area contributed by atoms with Crippen molar-refractivity contribution in [2.24, 2.45) is 57.2 Å². The summed E-state index contributed by atoms with van der Waals surface area (Å²) in [6, 6.07) is 0. The number of fused-ring (bicyclic) bond motifs is 7. The summed E-state index contributed by atoms with van der Waals surface area (Å²) in [5.74, 6) is 2.98. The fourth-order valence-electron chi connectivity index (χ4n) is 10.7. The van der Waals surface area contributed by atoms with Crippen molar-refractivity contribution in [3.63, 3.8) is 0 Å². The molecule has 11 atom stereocenters. The van der Waals surface area contributed by atoms with Crippen molar-refractivity contribution in [1.82, 2.24) is 0 Å². The summed E-state index contributed by atoms with van der Waals surface area (Å²) < 4.78 is 5.75. The Hall–Kier alpha value is -1.12. The van der Waals surface area contributed by atoms with E-state index in [1.165, 1.54) is 38.2 Å². The van der Waals surface area contributed by atoms with Crippen LogP contribution >= 0.6 is 0 Å². The predicted molar refractivity (Wildman–Crippen MR) is 136 cm³/mol. The van der Waals surface area contributed by atoms with Gasteiger partial charge in [-0.1, -0.05) is 54.0 Å². The fraction of sp³-hybridized carbons (Fsp3) is 0.871. The molecule has 34 heavy (non-hydrogen) atoms. The first-order valence-electron chi connectivity index (χ1n) is 14.2. The highest BCUT2D eigenvalue weighted by Crippen LogP contribution is 2.74. The monoisotopic (exact) mass is 468 g/mol. The van der Waals surface area contributed by atoms with Gasteiger partial charge in [-0.2, -0.15) is 0 Å². The van der Waals surface area contributed by atoms with Crippen molar-refractivity contribution in [1.29, 1.82) is 0 Å². The molecule has 5 aliphatic rings. The molecule has 3 nitrogen and oxygen atoms in total. The Balaban J connectivity index is 1.57. The minimum Gasteiger partial charge on any atom is -0.462 e. The van der Waals surface area contributed by atoms with E-state index in [1.54, 1.807) is 0 Å². The second-order valence-electron chi connectivity index (χ2n) is 14.4. The first-order valence-corrected chi connectivity index (χ1v) is 14.2. The molecule has 1 unspecified atom stereocenters. The van der Waals surface area contributed by atoms with E-state index in [0.717, 1.165) is 31.6 Å². The summed E-state index contributed by atoms with van der Waals surface area (Å²) in [6.45, 7) is 18.7. The van der Waals surface area contributed by atoms with Crippen LogP contribution in [0, 0.1) is 57.2 Å². The average Bonchev–Trinajstić information content (AvgIpc) is 2.74. The number of carbonyl (C=O) groups is 2. The van der Waals surface area contributed by atoms with Gasteiger partial charge in [0.05, 0.1) is 0 Å². The van der Waals surface area contributed by atoms with Gasteiger partial charge < -0.3 is 4.74 Å². The lowest BCUT2D eigenvalue weighted by Gasteiger charge is -2.69. The van der Waals surface area contributed by atoms with E-state index in [9.17, 15) is 9.59 Å². The van der Waals surface area contributed by atoms with Crippen molar-refractivity contribution in [2.75, 3.05) is 0 Å². The topological polar surface area (TPSA) is 43.4 Å². The molecule has 5 rings (SSSR count). The number of ketones is 1. The van der Waals surface area contributed by atoms with E-state index in [1.807, 2.05) is 0 Å². The maximum Gasteiger partial charge on any atom is 0.302 e. The second-order valence-corrected chi connectivity index (χ2v) is 14.4. The van der Waals surface area contributed by atoms with Crippen molar-refractivity contribution < 1.29 is 14.3 Å². The second kappa shape index (κ2) is 7.69. The van der Waals surface area contributed by atoms with E-state index in [2.05, 4.69) is 54.5 Å². The molecule has 0 aromatic heterocycles. The Morgan fingerprint density at radius 2 is 1.62 bits per heavy atom. The molecule has 0 spiro atoms. The highest BCUT2D eigenvalue weighted by molar-refractivity contribution is 5.95. The van der Waals surface area contributed by atoms with Crippen LogP contribution in [-0.2, 0) is 14.3 Å². The molecule has 0 amide bonds. The summed E-state index contributed by atoms with van der Waals surface area (Å²) in [6.07, 6.45) is 11.5. The highest BCUT2D eigenvalue weighted by atomic mass is 16.5. The molecule has 0 heterocycles. The number of allylic oxidation sites excluding steroid dienone is 2. The summed E-state index contributed by atoms with van der Waals surface area (Å²) in [5.41, 5.74) is 1.96. The van der Waals surface area contributed by atoms with Gasteiger partial charge in [-0.25, -0.2) is 0 Å². The van der Waals surface area contributed by atoms with E-state index in [-0.39, 0.29) is 34.2 Å². The van der Waals surface area contributed by atoms with E-state index >= 15 is 0 Å². The normalized spacial score (nSPS) is 54.6. The molecular weight excluding hydrogens is 420 g/mol. The number of carbonyl (C=O) groups excluding carboxylic acids is 2. The van der Waals surface area contributed by atoms with Crippen molar-refractivity contribution >= 4 is 11.8 Å². The molecule has 4 saturated carbocycles. The summed E-state index contributed by atoms with van der Waals surface area (Å²) in [5, 5.41) is 0. The van der Waals surface area contributed by atoms with Crippen LogP contribution in [0.25, 0.3) is 0 Å². The SMILES string of the molecule is CC(=O)OC1CC[C@]2(C)[C@H]3C(=O)C=C4[C@@H]5[C@@H](C)[C@H](C)CC[C@]5(C)CC[C@@]4(C)[C@]3(C)CC[C@H]2[C@@H]1C. The quantitative estimate of drug-likeness (QED) is 0.377. The van der Waals surface area contributed by atoms with Crippen LogP contribution in [0.4, 0.5) is 0 Å². The Kier molecular flexibility index (Phi) is 5.56. The van der Waals surface area contributed by atoms with E-state index in [4.69, 9.17) is 4.74 Å². The van der Waals surface area contributed by atoms with Crippen LogP contribution in [0.15, 0.2) is 11.6 Å². The van der Waals surface area contributed by atoms with Gasteiger partial charge in [-0.15, -0.1) is 0 Å². The smallest absolute Gasteiger partial charge is 0.302 e. The van der Waals surface area contributed by atoms with E-state index in [0.29, 0.717) is 34.9 Å². The molecule has 0 aromatic carbocycles. The molecule has 0 N–H and O–H groups in total. The molecule has 190 valence electrons. The molecule has 5 aliphatic carbocycles. The van der Waals surface area contributed by atoms with Gasteiger partial charge in [-0.3, -0.25) is 9.59 Å². The third-order valence-corrected chi connectivity index (χ3v) is 13.0. The lowest BCUT2D eigenvalue weighted by molar-refractivity contribution is -0.192. The van der Waals surface area contributed by atoms with E-state index < -0.39 is 0 Å².